The number of benzene rings is 3. The topological polar surface area (TPSA) is 86.8 Å². The third-order valence-electron chi connectivity index (χ3n) is 7.11. The van der Waals surface area contributed by atoms with Crippen molar-refractivity contribution in [1.82, 2.24) is 10.2 Å². The number of nitrogens with zero attached hydrogens (tertiary/aromatic N) is 2. The maximum atomic E-state index is 14.1. The number of sulfonamides is 1. The van der Waals surface area contributed by atoms with Gasteiger partial charge in [0.25, 0.3) is 10.0 Å². The van der Waals surface area contributed by atoms with Crippen molar-refractivity contribution in [2.75, 3.05) is 10.8 Å². The summed E-state index contributed by atoms with van der Waals surface area (Å²) in [5, 5.41) is 3.95. The van der Waals surface area contributed by atoms with Gasteiger partial charge in [-0.1, -0.05) is 79.4 Å². The quantitative estimate of drug-likeness (QED) is 0.289. The minimum Gasteiger partial charge on any atom is -0.352 e. The lowest BCUT2D eigenvalue weighted by atomic mass is 10.1. The highest BCUT2D eigenvalue weighted by atomic mass is 35.5. The molecule has 2 amide bonds. The third-order valence-corrected chi connectivity index (χ3v) is 9.52. The van der Waals surface area contributed by atoms with Crippen molar-refractivity contribution in [3.05, 3.63) is 94.5 Å². The highest BCUT2D eigenvalue weighted by Crippen LogP contribution is 2.27. The average Bonchev–Trinajstić information content (AvgIpc) is 3.46. The number of nitrogens with one attached hydrogen (secondary N) is 1. The first kappa shape index (κ1) is 29.9. The fourth-order valence-corrected chi connectivity index (χ4v) is 6.69. The maximum absolute atomic E-state index is 14.1. The second kappa shape index (κ2) is 13.5. The van der Waals surface area contributed by atoms with E-state index in [0.717, 1.165) is 30.0 Å². The zero-order valence-corrected chi connectivity index (χ0v) is 24.6. The molecular formula is C30H33Cl2N3O4S. The van der Waals surface area contributed by atoms with E-state index in [4.69, 9.17) is 23.2 Å². The number of hydrogen-bond acceptors (Lipinski definition) is 4. The summed E-state index contributed by atoms with van der Waals surface area (Å²) in [6.45, 7) is 1.39. The van der Waals surface area contributed by atoms with Crippen LogP contribution in [0.4, 0.5) is 5.69 Å². The number of carbonyl (C=O) groups excluding carboxylic acids is 2. The largest absolute Gasteiger partial charge is 0.352 e. The molecule has 1 aliphatic carbocycles. The second-order valence-electron chi connectivity index (χ2n) is 9.83. The van der Waals surface area contributed by atoms with Gasteiger partial charge >= 0.3 is 0 Å². The standard InChI is InChI=1S/C30H33Cl2N3O4S/c1-2-28(30(37)33-24-11-7-8-12-24)34(20-22-10-6-9-15-27(22)32)29(36)21-35(25-13-4-3-5-14-25)40(38,39)26-18-16-23(31)17-19-26/h3-6,9-10,13-19,24,28H,2,7-8,11-12,20-21H2,1H3,(H,33,37). The Kier molecular flexibility index (Phi) is 10.1. The number of anilines is 1. The van der Waals surface area contributed by atoms with Gasteiger partial charge in [-0.25, -0.2) is 8.42 Å². The van der Waals surface area contributed by atoms with Gasteiger partial charge in [0.15, 0.2) is 0 Å². The number of rotatable bonds is 11. The first-order chi connectivity index (χ1) is 19.2. The van der Waals surface area contributed by atoms with Crippen molar-refractivity contribution in [2.24, 2.45) is 0 Å². The van der Waals surface area contributed by atoms with Crippen molar-refractivity contribution in [3.8, 4) is 0 Å². The van der Waals surface area contributed by atoms with Gasteiger partial charge < -0.3 is 10.2 Å². The molecule has 0 saturated heterocycles. The lowest BCUT2D eigenvalue weighted by Crippen LogP contribution is -2.53. The summed E-state index contributed by atoms with van der Waals surface area (Å²) in [7, 11) is -4.15. The summed E-state index contributed by atoms with van der Waals surface area (Å²) in [5.41, 5.74) is 0.989. The number of hydrogen-bond donors (Lipinski definition) is 1. The molecule has 0 spiro atoms. The molecule has 1 aliphatic rings. The molecule has 0 aliphatic heterocycles. The van der Waals surface area contributed by atoms with Gasteiger partial charge in [-0.3, -0.25) is 13.9 Å². The van der Waals surface area contributed by atoms with Crippen molar-refractivity contribution < 1.29 is 18.0 Å². The fourth-order valence-electron chi connectivity index (χ4n) is 4.95. The molecular weight excluding hydrogens is 569 g/mol. The number of para-hydroxylation sites is 1. The molecule has 0 heterocycles. The van der Waals surface area contributed by atoms with E-state index in [1.54, 1.807) is 48.5 Å². The first-order valence-corrected chi connectivity index (χ1v) is 15.6. The van der Waals surface area contributed by atoms with Gasteiger partial charge in [0, 0.05) is 22.6 Å². The van der Waals surface area contributed by atoms with E-state index in [0.29, 0.717) is 27.7 Å². The maximum Gasteiger partial charge on any atom is 0.264 e. The Bertz CT molecular complexity index is 1410. The Labute approximate surface area is 246 Å². The second-order valence-corrected chi connectivity index (χ2v) is 12.5. The molecule has 10 heteroatoms. The lowest BCUT2D eigenvalue weighted by Gasteiger charge is -2.34. The monoisotopic (exact) mass is 601 g/mol. The minimum absolute atomic E-state index is 0.00257. The van der Waals surface area contributed by atoms with Crippen molar-refractivity contribution in [1.29, 1.82) is 0 Å². The molecule has 0 radical (unpaired) electrons. The highest BCUT2D eigenvalue weighted by molar-refractivity contribution is 7.92. The van der Waals surface area contributed by atoms with E-state index in [1.807, 2.05) is 13.0 Å². The molecule has 1 saturated carbocycles. The zero-order valence-electron chi connectivity index (χ0n) is 22.3. The van der Waals surface area contributed by atoms with Crippen LogP contribution in [0, 0.1) is 0 Å². The van der Waals surface area contributed by atoms with Crippen molar-refractivity contribution >= 4 is 50.7 Å². The van der Waals surface area contributed by atoms with Crippen LogP contribution in [0.5, 0.6) is 0 Å². The van der Waals surface area contributed by atoms with Gasteiger partial charge in [0.05, 0.1) is 10.6 Å². The van der Waals surface area contributed by atoms with E-state index in [9.17, 15) is 18.0 Å². The van der Waals surface area contributed by atoms with Crippen molar-refractivity contribution in [2.45, 2.75) is 62.6 Å². The lowest BCUT2D eigenvalue weighted by molar-refractivity contribution is -0.140. The van der Waals surface area contributed by atoms with Gasteiger partial charge in [0.1, 0.15) is 12.6 Å². The Balaban J connectivity index is 1.70. The SMILES string of the molecule is CCC(C(=O)NC1CCCC1)N(Cc1ccccc1Cl)C(=O)CN(c1ccccc1)S(=O)(=O)c1ccc(Cl)cc1. The number of halogens is 2. The Hall–Kier alpha value is -3.07. The predicted molar refractivity (Wildman–Crippen MR) is 159 cm³/mol. The van der Waals surface area contributed by atoms with E-state index >= 15 is 0 Å². The highest BCUT2D eigenvalue weighted by Gasteiger charge is 2.34. The summed E-state index contributed by atoms with van der Waals surface area (Å²) in [5.74, 6) is -0.767. The normalized spacial score (nSPS) is 14.5. The molecule has 3 aromatic rings. The van der Waals surface area contributed by atoms with Crippen LogP contribution in [-0.4, -0.2) is 43.8 Å². The minimum atomic E-state index is -4.15. The number of amides is 2. The van der Waals surface area contributed by atoms with Crippen LogP contribution in [-0.2, 0) is 26.2 Å². The molecule has 1 N–H and O–H groups in total. The Morgan fingerprint density at radius 2 is 1.55 bits per heavy atom. The molecule has 0 bridgehead atoms. The molecule has 4 rings (SSSR count). The summed E-state index contributed by atoms with van der Waals surface area (Å²) in [4.78, 5) is 29.0. The summed E-state index contributed by atoms with van der Waals surface area (Å²) < 4.78 is 28.7. The zero-order chi connectivity index (χ0) is 28.7. The molecule has 7 nitrogen and oxygen atoms in total. The van der Waals surface area contributed by atoms with Crippen LogP contribution >= 0.6 is 23.2 Å². The van der Waals surface area contributed by atoms with Crippen LogP contribution in [0.25, 0.3) is 0 Å². The van der Waals surface area contributed by atoms with Crippen LogP contribution in [0.1, 0.15) is 44.6 Å². The van der Waals surface area contributed by atoms with Crippen LogP contribution in [0.3, 0.4) is 0 Å². The van der Waals surface area contributed by atoms with Gasteiger partial charge in [-0.2, -0.15) is 0 Å². The van der Waals surface area contributed by atoms with Crippen molar-refractivity contribution in [3.63, 3.8) is 0 Å². The molecule has 212 valence electrons. The van der Waals surface area contributed by atoms with Gasteiger partial charge in [0.2, 0.25) is 11.8 Å². The Morgan fingerprint density at radius 3 is 2.17 bits per heavy atom. The first-order valence-electron chi connectivity index (χ1n) is 13.4. The summed E-state index contributed by atoms with van der Waals surface area (Å²) in [6.07, 6.45) is 4.27. The number of carbonyl (C=O) groups is 2. The summed E-state index contributed by atoms with van der Waals surface area (Å²) in [6, 6.07) is 20.6. The Morgan fingerprint density at radius 1 is 0.925 bits per heavy atom. The van der Waals surface area contributed by atoms with Gasteiger partial charge in [-0.05, 0) is 67.3 Å². The molecule has 1 atom stereocenters. The molecule has 0 aromatic heterocycles. The predicted octanol–water partition coefficient (Wildman–Crippen LogP) is 6.05. The molecule has 40 heavy (non-hydrogen) atoms. The molecule has 1 unspecified atom stereocenters. The van der Waals surface area contributed by atoms with E-state index < -0.39 is 28.5 Å². The van der Waals surface area contributed by atoms with E-state index in [1.165, 1.54) is 29.2 Å². The van der Waals surface area contributed by atoms with Crippen LogP contribution < -0.4 is 9.62 Å². The van der Waals surface area contributed by atoms with Gasteiger partial charge in [-0.15, -0.1) is 0 Å². The van der Waals surface area contributed by atoms with Crippen LogP contribution in [0.2, 0.25) is 10.0 Å². The van der Waals surface area contributed by atoms with E-state index in [-0.39, 0.29) is 23.4 Å². The van der Waals surface area contributed by atoms with E-state index in [2.05, 4.69) is 5.32 Å². The average molecular weight is 603 g/mol. The molecule has 1 fully saturated rings. The third kappa shape index (κ3) is 7.16. The van der Waals surface area contributed by atoms with Crippen LogP contribution in [0.15, 0.2) is 83.8 Å². The summed E-state index contributed by atoms with van der Waals surface area (Å²) >= 11 is 12.4. The smallest absolute Gasteiger partial charge is 0.264 e. The fraction of sp³-hybridized carbons (Fsp3) is 0.333. The molecule has 3 aromatic carbocycles.